The molecule has 2 rings (SSSR count). The number of anilines is 1. The van der Waals surface area contributed by atoms with Crippen LogP contribution in [-0.2, 0) is 16.0 Å². The van der Waals surface area contributed by atoms with Crippen LogP contribution in [0.3, 0.4) is 0 Å². The van der Waals surface area contributed by atoms with E-state index in [1.54, 1.807) is 23.9 Å². The van der Waals surface area contributed by atoms with Crippen molar-refractivity contribution in [2.45, 2.75) is 19.8 Å². The fourth-order valence-corrected chi connectivity index (χ4v) is 2.54. The van der Waals surface area contributed by atoms with E-state index in [2.05, 4.69) is 6.92 Å². The van der Waals surface area contributed by atoms with Gasteiger partial charge in [0.05, 0.1) is 5.92 Å². The number of aryl methyl sites for hydroxylation is 1. The van der Waals surface area contributed by atoms with Gasteiger partial charge in [0.25, 0.3) is 0 Å². The maximum absolute atomic E-state index is 12.1. The highest BCUT2D eigenvalue weighted by Crippen LogP contribution is 2.29. The van der Waals surface area contributed by atoms with Gasteiger partial charge in [-0.3, -0.25) is 9.59 Å². The molecule has 0 radical (unpaired) electrons. The van der Waals surface area contributed by atoms with Crippen molar-refractivity contribution in [1.82, 2.24) is 4.90 Å². The third-order valence-corrected chi connectivity index (χ3v) is 3.58. The lowest BCUT2D eigenvalue weighted by molar-refractivity contribution is -0.133. The summed E-state index contributed by atoms with van der Waals surface area (Å²) in [6.07, 6.45) is 1.20. The fraction of sp³-hybridized carbons (Fsp3) is 0.467. The average Bonchev–Trinajstić information content (AvgIpc) is 2.79. The Morgan fingerprint density at radius 1 is 1.37 bits per heavy atom. The molecule has 0 aliphatic carbocycles. The van der Waals surface area contributed by atoms with Gasteiger partial charge in [-0.25, -0.2) is 0 Å². The Bertz CT molecular complexity index is 497. The van der Waals surface area contributed by atoms with Gasteiger partial charge in [-0.05, 0) is 18.1 Å². The minimum Gasteiger partial charge on any atom is -0.349 e. The number of nitrogens with zero attached hydrogens (tertiary/aromatic N) is 2. The zero-order chi connectivity index (χ0) is 14.0. The molecule has 1 heterocycles. The van der Waals surface area contributed by atoms with Crippen LogP contribution in [0.4, 0.5) is 5.69 Å². The molecule has 1 aliphatic heterocycles. The molecule has 1 saturated heterocycles. The van der Waals surface area contributed by atoms with E-state index in [0.29, 0.717) is 13.0 Å². The molecule has 19 heavy (non-hydrogen) atoms. The van der Waals surface area contributed by atoms with Crippen molar-refractivity contribution in [3.05, 3.63) is 29.8 Å². The van der Waals surface area contributed by atoms with Gasteiger partial charge in [0, 0.05) is 32.7 Å². The number of para-hydroxylation sites is 1. The number of hydrogen-bond donors (Lipinski definition) is 0. The summed E-state index contributed by atoms with van der Waals surface area (Å²) < 4.78 is 0. The van der Waals surface area contributed by atoms with E-state index in [-0.39, 0.29) is 17.7 Å². The van der Waals surface area contributed by atoms with E-state index in [0.717, 1.165) is 17.7 Å². The Kier molecular flexibility index (Phi) is 3.88. The number of carbonyl (C=O) groups is 2. The van der Waals surface area contributed by atoms with Crippen LogP contribution in [0.5, 0.6) is 0 Å². The predicted molar refractivity (Wildman–Crippen MR) is 75.0 cm³/mol. The normalized spacial score (nSPS) is 18.8. The maximum atomic E-state index is 12.1. The zero-order valence-corrected chi connectivity index (χ0v) is 11.7. The summed E-state index contributed by atoms with van der Waals surface area (Å²) >= 11 is 0. The van der Waals surface area contributed by atoms with Gasteiger partial charge in [-0.2, -0.15) is 0 Å². The number of hydrogen-bond acceptors (Lipinski definition) is 2. The largest absolute Gasteiger partial charge is 0.349 e. The quantitative estimate of drug-likeness (QED) is 0.830. The molecular weight excluding hydrogens is 240 g/mol. The monoisotopic (exact) mass is 260 g/mol. The lowest BCUT2D eigenvalue weighted by Gasteiger charge is -2.20. The summed E-state index contributed by atoms with van der Waals surface area (Å²) in [5.74, 6) is -0.140. The van der Waals surface area contributed by atoms with E-state index < -0.39 is 0 Å². The van der Waals surface area contributed by atoms with Crippen LogP contribution in [0.2, 0.25) is 0 Å². The molecule has 0 saturated carbocycles. The van der Waals surface area contributed by atoms with Gasteiger partial charge < -0.3 is 9.80 Å². The van der Waals surface area contributed by atoms with Crippen molar-refractivity contribution in [2.75, 3.05) is 25.5 Å². The molecule has 0 bridgehead atoms. The molecule has 102 valence electrons. The Balaban J connectivity index is 2.23. The SMILES string of the molecule is CCc1ccccc1N1CC(C(=O)N(C)C)CC1=O. The standard InChI is InChI=1S/C15H20N2O2/c1-4-11-7-5-6-8-13(11)17-10-12(9-14(17)18)15(19)16(2)3/h5-8,12H,4,9-10H2,1-3H3. The van der Waals surface area contributed by atoms with E-state index in [1.165, 1.54) is 0 Å². The van der Waals surface area contributed by atoms with Gasteiger partial charge in [0.2, 0.25) is 11.8 Å². The smallest absolute Gasteiger partial charge is 0.227 e. The molecule has 1 atom stereocenters. The summed E-state index contributed by atoms with van der Waals surface area (Å²) in [4.78, 5) is 27.4. The number of benzene rings is 1. The van der Waals surface area contributed by atoms with Gasteiger partial charge in [-0.15, -0.1) is 0 Å². The Hall–Kier alpha value is -1.84. The van der Waals surface area contributed by atoms with Crippen molar-refractivity contribution >= 4 is 17.5 Å². The van der Waals surface area contributed by atoms with Crippen molar-refractivity contribution in [1.29, 1.82) is 0 Å². The molecule has 4 nitrogen and oxygen atoms in total. The molecule has 1 fully saturated rings. The second kappa shape index (κ2) is 5.43. The molecule has 0 spiro atoms. The van der Waals surface area contributed by atoms with Crippen LogP contribution < -0.4 is 4.90 Å². The van der Waals surface area contributed by atoms with Crippen LogP contribution in [-0.4, -0.2) is 37.4 Å². The van der Waals surface area contributed by atoms with Crippen LogP contribution in [0, 0.1) is 5.92 Å². The molecule has 1 unspecified atom stereocenters. The Labute approximate surface area is 114 Å². The highest BCUT2D eigenvalue weighted by molar-refractivity contribution is 6.00. The summed E-state index contributed by atoms with van der Waals surface area (Å²) in [5.41, 5.74) is 2.10. The van der Waals surface area contributed by atoms with Gasteiger partial charge in [0.15, 0.2) is 0 Å². The van der Waals surface area contributed by atoms with Crippen LogP contribution >= 0.6 is 0 Å². The number of rotatable bonds is 3. The summed E-state index contributed by atoms with van der Waals surface area (Å²) in [5, 5.41) is 0. The van der Waals surface area contributed by atoms with Crippen molar-refractivity contribution in [2.24, 2.45) is 5.92 Å². The topological polar surface area (TPSA) is 40.6 Å². The van der Waals surface area contributed by atoms with Gasteiger partial charge >= 0.3 is 0 Å². The molecule has 4 heteroatoms. The lowest BCUT2D eigenvalue weighted by Crippen LogP contribution is -2.32. The highest BCUT2D eigenvalue weighted by Gasteiger charge is 2.36. The van der Waals surface area contributed by atoms with E-state index in [4.69, 9.17) is 0 Å². The first-order valence-corrected chi connectivity index (χ1v) is 6.64. The lowest BCUT2D eigenvalue weighted by atomic mass is 10.1. The molecule has 2 amide bonds. The fourth-order valence-electron chi connectivity index (χ4n) is 2.54. The van der Waals surface area contributed by atoms with Crippen LogP contribution in [0.15, 0.2) is 24.3 Å². The first kappa shape index (κ1) is 13.6. The Morgan fingerprint density at radius 2 is 2.05 bits per heavy atom. The van der Waals surface area contributed by atoms with Gasteiger partial charge in [0.1, 0.15) is 0 Å². The Morgan fingerprint density at radius 3 is 2.68 bits per heavy atom. The molecule has 0 N–H and O–H groups in total. The number of amides is 2. The minimum absolute atomic E-state index is 0.0322. The van der Waals surface area contributed by atoms with Crippen LogP contribution in [0.1, 0.15) is 18.9 Å². The predicted octanol–water partition coefficient (Wildman–Crippen LogP) is 1.69. The molecule has 0 aromatic heterocycles. The molecule has 1 aliphatic rings. The minimum atomic E-state index is -0.215. The highest BCUT2D eigenvalue weighted by atomic mass is 16.2. The molecule has 1 aromatic carbocycles. The number of carbonyl (C=O) groups excluding carboxylic acids is 2. The van der Waals surface area contributed by atoms with Crippen molar-refractivity contribution in [3.8, 4) is 0 Å². The summed E-state index contributed by atoms with van der Waals surface area (Å²) in [7, 11) is 3.46. The summed E-state index contributed by atoms with van der Waals surface area (Å²) in [6, 6.07) is 7.90. The first-order chi connectivity index (χ1) is 9.04. The maximum Gasteiger partial charge on any atom is 0.227 e. The molecular formula is C15H20N2O2. The van der Waals surface area contributed by atoms with Crippen LogP contribution in [0.25, 0.3) is 0 Å². The third kappa shape index (κ3) is 2.62. The second-order valence-corrected chi connectivity index (χ2v) is 5.12. The molecule has 1 aromatic rings. The third-order valence-electron chi connectivity index (χ3n) is 3.58. The first-order valence-electron chi connectivity index (χ1n) is 6.64. The van der Waals surface area contributed by atoms with E-state index in [1.807, 2.05) is 24.3 Å². The second-order valence-electron chi connectivity index (χ2n) is 5.12. The van der Waals surface area contributed by atoms with Crippen molar-refractivity contribution < 1.29 is 9.59 Å². The van der Waals surface area contributed by atoms with E-state index >= 15 is 0 Å². The van der Waals surface area contributed by atoms with E-state index in [9.17, 15) is 9.59 Å². The average molecular weight is 260 g/mol. The van der Waals surface area contributed by atoms with Crippen molar-refractivity contribution in [3.63, 3.8) is 0 Å². The zero-order valence-electron chi connectivity index (χ0n) is 11.7. The summed E-state index contributed by atoms with van der Waals surface area (Å²) in [6.45, 7) is 2.56. The van der Waals surface area contributed by atoms with Gasteiger partial charge in [-0.1, -0.05) is 25.1 Å².